The van der Waals surface area contributed by atoms with E-state index in [4.69, 9.17) is 0 Å². The summed E-state index contributed by atoms with van der Waals surface area (Å²) < 4.78 is 12.8. The van der Waals surface area contributed by atoms with Gasteiger partial charge in [0.1, 0.15) is 11.6 Å². The van der Waals surface area contributed by atoms with Gasteiger partial charge in [-0.1, -0.05) is 22.9 Å². The third-order valence-electron chi connectivity index (χ3n) is 2.49. The van der Waals surface area contributed by atoms with E-state index in [0.717, 1.165) is 30.3 Å². The summed E-state index contributed by atoms with van der Waals surface area (Å²) in [5.74, 6) is -1.28. The van der Waals surface area contributed by atoms with Gasteiger partial charge in [-0.3, -0.25) is 4.79 Å². The molecule has 2 N–H and O–H groups in total. The highest BCUT2D eigenvalue weighted by Crippen LogP contribution is 2.18. The summed E-state index contributed by atoms with van der Waals surface area (Å²) in [6, 6.07) is 3.41. The van der Waals surface area contributed by atoms with Gasteiger partial charge in [-0.25, -0.2) is 4.39 Å². The molecule has 0 radical (unpaired) electrons. The molecule has 94 valence electrons. The highest BCUT2D eigenvalue weighted by molar-refractivity contribution is 9.09. The zero-order valence-electron chi connectivity index (χ0n) is 9.54. The molecule has 0 bridgehead atoms. The van der Waals surface area contributed by atoms with Crippen LogP contribution in [0, 0.1) is 5.82 Å². The first kappa shape index (κ1) is 14.0. The second-order valence-corrected chi connectivity index (χ2v) is 4.51. The van der Waals surface area contributed by atoms with E-state index < -0.39 is 5.82 Å². The quantitative estimate of drug-likeness (QED) is 0.822. The molecule has 0 heterocycles. The fourth-order valence-electron chi connectivity index (χ4n) is 1.47. The topological polar surface area (TPSA) is 49.3 Å². The summed E-state index contributed by atoms with van der Waals surface area (Å²) >= 11 is 3.31. The molecule has 0 fully saturated rings. The van der Waals surface area contributed by atoms with Crippen LogP contribution in [-0.2, 0) is 0 Å². The Balaban J connectivity index is 2.75. The minimum Gasteiger partial charge on any atom is -0.507 e. The molecule has 17 heavy (non-hydrogen) atoms. The third-order valence-corrected chi connectivity index (χ3v) is 2.95. The fourth-order valence-corrected chi connectivity index (χ4v) is 2.02. The van der Waals surface area contributed by atoms with Gasteiger partial charge in [-0.15, -0.1) is 0 Å². The van der Waals surface area contributed by atoms with E-state index in [1.165, 1.54) is 6.07 Å². The maximum absolute atomic E-state index is 12.8. The lowest BCUT2D eigenvalue weighted by molar-refractivity contribution is 0.0932. The lowest BCUT2D eigenvalue weighted by Gasteiger charge is -2.16. The number of alkyl halides is 1. The third kappa shape index (κ3) is 4.00. The Morgan fingerprint density at radius 2 is 2.29 bits per heavy atom. The van der Waals surface area contributed by atoms with Gasteiger partial charge >= 0.3 is 0 Å². The Labute approximate surface area is 108 Å². The monoisotopic (exact) mass is 303 g/mol. The number of carbonyl (C=O) groups is 1. The Bertz CT molecular complexity index is 398. The Morgan fingerprint density at radius 3 is 2.82 bits per heavy atom. The van der Waals surface area contributed by atoms with Crippen molar-refractivity contribution in [2.75, 3.05) is 5.33 Å². The average Bonchev–Trinajstić information content (AvgIpc) is 2.28. The van der Waals surface area contributed by atoms with E-state index in [-0.39, 0.29) is 23.3 Å². The van der Waals surface area contributed by atoms with E-state index in [2.05, 4.69) is 21.2 Å². The molecule has 1 aromatic carbocycles. The van der Waals surface area contributed by atoms with Crippen LogP contribution in [-0.4, -0.2) is 22.4 Å². The van der Waals surface area contributed by atoms with Crippen molar-refractivity contribution >= 4 is 21.8 Å². The highest BCUT2D eigenvalue weighted by Gasteiger charge is 2.15. The second kappa shape index (κ2) is 6.59. The van der Waals surface area contributed by atoms with E-state index >= 15 is 0 Å². The maximum Gasteiger partial charge on any atom is 0.255 e. The van der Waals surface area contributed by atoms with E-state index in [1.807, 2.05) is 6.92 Å². The highest BCUT2D eigenvalue weighted by atomic mass is 79.9. The van der Waals surface area contributed by atoms with Crippen LogP contribution in [0.3, 0.4) is 0 Å². The van der Waals surface area contributed by atoms with Crippen LogP contribution in [0.15, 0.2) is 18.2 Å². The number of phenolic OH excluding ortho intramolecular Hbond substituents is 1. The number of phenols is 1. The zero-order chi connectivity index (χ0) is 12.8. The van der Waals surface area contributed by atoms with E-state index in [0.29, 0.717) is 0 Å². The first-order chi connectivity index (χ1) is 8.08. The van der Waals surface area contributed by atoms with Crippen molar-refractivity contribution in [1.29, 1.82) is 0 Å². The summed E-state index contributed by atoms with van der Waals surface area (Å²) in [4.78, 5) is 11.8. The summed E-state index contributed by atoms with van der Waals surface area (Å²) in [6.45, 7) is 1.97. The van der Waals surface area contributed by atoms with Gasteiger partial charge in [0.05, 0.1) is 5.56 Å². The Hall–Kier alpha value is -1.10. The molecule has 0 saturated carbocycles. The van der Waals surface area contributed by atoms with Crippen molar-refractivity contribution < 1.29 is 14.3 Å². The molecule has 1 amide bonds. The summed E-state index contributed by atoms with van der Waals surface area (Å²) in [6.07, 6.45) is 1.61. The van der Waals surface area contributed by atoms with Crippen LogP contribution in [0.25, 0.3) is 0 Å². The van der Waals surface area contributed by atoms with Gasteiger partial charge in [0.2, 0.25) is 0 Å². The van der Waals surface area contributed by atoms with Crippen LogP contribution in [0.5, 0.6) is 5.75 Å². The summed E-state index contributed by atoms with van der Waals surface area (Å²) in [5, 5.41) is 13.1. The van der Waals surface area contributed by atoms with Crippen molar-refractivity contribution in [3.63, 3.8) is 0 Å². The summed E-state index contributed by atoms with van der Waals surface area (Å²) in [5.41, 5.74) is 0.0967. The van der Waals surface area contributed by atoms with E-state index in [9.17, 15) is 14.3 Å². The summed E-state index contributed by atoms with van der Waals surface area (Å²) in [7, 11) is 0. The predicted molar refractivity (Wildman–Crippen MR) is 68.0 cm³/mol. The van der Waals surface area contributed by atoms with Gasteiger partial charge in [0, 0.05) is 17.4 Å². The molecule has 1 atom stereocenters. The minimum atomic E-state index is -0.563. The largest absolute Gasteiger partial charge is 0.507 e. The first-order valence-electron chi connectivity index (χ1n) is 5.43. The number of halogens is 2. The smallest absolute Gasteiger partial charge is 0.255 e. The molecular weight excluding hydrogens is 289 g/mol. The molecule has 0 spiro atoms. The number of rotatable bonds is 5. The maximum atomic E-state index is 12.8. The molecule has 0 aliphatic heterocycles. The molecule has 0 aromatic heterocycles. The van der Waals surface area contributed by atoms with Crippen LogP contribution in [0.2, 0.25) is 0 Å². The van der Waals surface area contributed by atoms with Crippen molar-refractivity contribution in [3.8, 4) is 5.75 Å². The predicted octanol–water partition coefficient (Wildman–Crippen LogP) is 2.82. The van der Waals surface area contributed by atoms with Gasteiger partial charge in [-0.05, 0) is 25.0 Å². The zero-order valence-corrected chi connectivity index (χ0v) is 11.1. The number of aromatic hydroxyl groups is 1. The number of hydrogen-bond donors (Lipinski definition) is 2. The van der Waals surface area contributed by atoms with Crippen LogP contribution < -0.4 is 5.32 Å². The molecule has 1 rings (SSSR count). The van der Waals surface area contributed by atoms with Crippen molar-refractivity contribution in [2.24, 2.45) is 0 Å². The molecule has 1 unspecified atom stereocenters. The standard InChI is InChI=1S/C12H15BrFNO2/c1-2-9(5-6-13)15-12(17)10-4-3-8(14)7-11(10)16/h3-4,7,9,16H,2,5-6H2,1H3,(H,15,17). The van der Waals surface area contributed by atoms with Gasteiger partial charge in [0.25, 0.3) is 5.91 Å². The van der Waals surface area contributed by atoms with Crippen LogP contribution in [0.4, 0.5) is 4.39 Å². The van der Waals surface area contributed by atoms with Crippen molar-refractivity contribution in [3.05, 3.63) is 29.6 Å². The molecule has 3 nitrogen and oxygen atoms in total. The molecular formula is C12H15BrFNO2. The number of amides is 1. The number of nitrogens with one attached hydrogen (secondary N) is 1. The van der Waals surface area contributed by atoms with Crippen LogP contribution in [0.1, 0.15) is 30.1 Å². The van der Waals surface area contributed by atoms with Crippen LogP contribution >= 0.6 is 15.9 Å². The molecule has 5 heteroatoms. The molecule has 1 aromatic rings. The molecule has 0 saturated heterocycles. The van der Waals surface area contributed by atoms with Gasteiger partial charge < -0.3 is 10.4 Å². The minimum absolute atomic E-state index is 0.0475. The van der Waals surface area contributed by atoms with Crippen molar-refractivity contribution in [2.45, 2.75) is 25.8 Å². The first-order valence-corrected chi connectivity index (χ1v) is 6.56. The average molecular weight is 304 g/mol. The molecule has 0 aliphatic carbocycles. The number of carbonyl (C=O) groups excluding carboxylic acids is 1. The lowest BCUT2D eigenvalue weighted by Crippen LogP contribution is -2.34. The lowest BCUT2D eigenvalue weighted by atomic mass is 10.1. The second-order valence-electron chi connectivity index (χ2n) is 3.72. The van der Waals surface area contributed by atoms with Gasteiger partial charge in [0.15, 0.2) is 0 Å². The van der Waals surface area contributed by atoms with Crippen molar-refractivity contribution in [1.82, 2.24) is 5.32 Å². The Kier molecular flexibility index (Phi) is 5.41. The SMILES string of the molecule is CCC(CCBr)NC(=O)c1ccc(F)cc1O. The molecule has 0 aliphatic rings. The normalized spacial score (nSPS) is 12.2. The Morgan fingerprint density at radius 1 is 1.59 bits per heavy atom. The fraction of sp³-hybridized carbons (Fsp3) is 0.417. The number of benzene rings is 1. The van der Waals surface area contributed by atoms with Gasteiger partial charge in [-0.2, -0.15) is 0 Å². The number of hydrogen-bond acceptors (Lipinski definition) is 2. The van der Waals surface area contributed by atoms with E-state index in [1.54, 1.807) is 0 Å².